The van der Waals surface area contributed by atoms with E-state index in [0.29, 0.717) is 6.04 Å². The summed E-state index contributed by atoms with van der Waals surface area (Å²) in [7, 11) is 0. The van der Waals surface area contributed by atoms with Gasteiger partial charge in [0.25, 0.3) is 0 Å². The average molecular weight is 195 g/mol. The Labute approximate surface area is 89.0 Å². The normalized spacial score (nSPS) is 30.7. The fourth-order valence-electron chi connectivity index (χ4n) is 2.39. The van der Waals surface area contributed by atoms with Crippen molar-refractivity contribution in [3.05, 3.63) is 12.7 Å². The Morgan fingerprint density at radius 3 is 2.79 bits per heavy atom. The number of hydrogen-bond acceptors (Lipinski definition) is 1. The second kappa shape index (κ2) is 6.23. The third-order valence-electron chi connectivity index (χ3n) is 3.52. The molecule has 0 spiro atoms. The molecule has 3 atom stereocenters. The second-order valence-electron chi connectivity index (χ2n) is 4.67. The molecule has 0 radical (unpaired) electrons. The molecule has 1 saturated carbocycles. The molecule has 0 aromatic carbocycles. The first-order chi connectivity index (χ1) is 6.76. The molecule has 1 nitrogen and oxygen atoms in total. The molecule has 0 bridgehead atoms. The molecular formula is C13H25N. The van der Waals surface area contributed by atoms with E-state index in [1.165, 1.54) is 38.5 Å². The van der Waals surface area contributed by atoms with E-state index in [4.69, 9.17) is 0 Å². The lowest BCUT2D eigenvalue weighted by atomic mass is 9.98. The van der Waals surface area contributed by atoms with Crippen molar-refractivity contribution in [1.29, 1.82) is 0 Å². The highest BCUT2D eigenvalue weighted by Gasteiger charge is 2.17. The minimum Gasteiger partial charge on any atom is -0.308 e. The fraction of sp³-hybridized carbons (Fsp3) is 0.846. The third-order valence-corrected chi connectivity index (χ3v) is 3.52. The van der Waals surface area contributed by atoms with Crippen LogP contribution in [0.1, 0.15) is 52.4 Å². The Balaban J connectivity index is 2.30. The van der Waals surface area contributed by atoms with Gasteiger partial charge in [0.15, 0.2) is 0 Å². The lowest BCUT2D eigenvalue weighted by Crippen LogP contribution is -2.34. The molecule has 0 aliphatic heterocycles. The topological polar surface area (TPSA) is 12.0 Å². The van der Waals surface area contributed by atoms with Crippen LogP contribution in [0.15, 0.2) is 12.7 Å². The molecule has 0 amide bonds. The van der Waals surface area contributed by atoms with Crippen LogP contribution < -0.4 is 5.32 Å². The first-order valence-corrected chi connectivity index (χ1v) is 6.14. The van der Waals surface area contributed by atoms with Crippen molar-refractivity contribution < 1.29 is 0 Å². The van der Waals surface area contributed by atoms with Crippen LogP contribution in [0.3, 0.4) is 0 Å². The predicted octanol–water partition coefficient (Wildman–Crippen LogP) is 3.51. The Morgan fingerprint density at radius 1 is 1.36 bits per heavy atom. The smallest absolute Gasteiger partial charge is 0.0221 e. The molecule has 1 aliphatic rings. The monoisotopic (exact) mass is 195 g/mol. The van der Waals surface area contributed by atoms with Crippen LogP contribution in [0.25, 0.3) is 0 Å². The van der Waals surface area contributed by atoms with Crippen molar-refractivity contribution in [1.82, 2.24) is 5.32 Å². The van der Waals surface area contributed by atoms with Gasteiger partial charge in [-0.15, -0.1) is 6.58 Å². The van der Waals surface area contributed by atoms with E-state index in [9.17, 15) is 0 Å². The van der Waals surface area contributed by atoms with Crippen LogP contribution in [0, 0.1) is 5.92 Å². The zero-order valence-corrected chi connectivity index (χ0v) is 9.76. The SMILES string of the molecule is C=CC(C)NC1CCCC(CC)CC1. The maximum atomic E-state index is 3.82. The highest BCUT2D eigenvalue weighted by Crippen LogP contribution is 2.25. The zero-order valence-electron chi connectivity index (χ0n) is 9.76. The Morgan fingerprint density at radius 2 is 2.14 bits per heavy atom. The average Bonchev–Trinajstić information content (AvgIpc) is 2.43. The first kappa shape index (κ1) is 11.8. The molecule has 1 aliphatic carbocycles. The largest absolute Gasteiger partial charge is 0.308 e. The molecule has 0 aromatic rings. The van der Waals surface area contributed by atoms with Crippen molar-refractivity contribution in [3.63, 3.8) is 0 Å². The second-order valence-corrected chi connectivity index (χ2v) is 4.67. The maximum absolute atomic E-state index is 3.82. The van der Waals surface area contributed by atoms with Gasteiger partial charge in [0.2, 0.25) is 0 Å². The van der Waals surface area contributed by atoms with Gasteiger partial charge in [-0.2, -0.15) is 0 Å². The van der Waals surface area contributed by atoms with Gasteiger partial charge in [0.05, 0.1) is 0 Å². The Hall–Kier alpha value is -0.300. The molecule has 14 heavy (non-hydrogen) atoms. The van der Waals surface area contributed by atoms with Crippen LogP contribution in [0.5, 0.6) is 0 Å². The molecule has 0 heterocycles. The molecule has 82 valence electrons. The lowest BCUT2D eigenvalue weighted by Gasteiger charge is -2.19. The highest BCUT2D eigenvalue weighted by atomic mass is 14.9. The first-order valence-electron chi connectivity index (χ1n) is 6.14. The van der Waals surface area contributed by atoms with Gasteiger partial charge >= 0.3 is 0 Å². The number of rotatable bonds is 4. The summed E-state index contributed by atoms with van der Waals surface area (Å²) in [5.74, 6) is 0.987. The third kappa shape index (κ3) is 3.83. The van der Waals surface area contributed by atoms with Crippen LogP contribution >= 0.6 is 0 Å². The summed E-state index contributed by atoms with van der Waals surface area (Å²) in [6.07, 6.45) is 10.3. The molecule has 3 unspecified atom stereocenters. The minimum absolute atomic E-state index is 0.471. The van der Waals surface area contributed by atoms with Crippen molar-refractivity contribution in [2.45, 2.75) is 64.5 Å². The van der Waals surface area contributed by atoms with Gasteiger partial charge in [0.1, 0.15) is 0 Å². The molecule has 1 N–H and O–H groups in total. The lowest BCUT2D eigenvalue weighted by molar-refractivity contribution is 0.416. The van der Waals surface area contributed by atoms with Crippen LogP contribution in [-0.4, -0.2) is 12.1 Å². The van der Waals surface area contributed by atoms with Crippen molar-refractivity contribution in [3.8, 4) is 0 Å². The summed E-state index contributed by atoms with van der Waals surface area (Å²) in [4.78, 5) is 0. The molecule has 0 saturated heterocycles. The van der Waals surface area contributed by atoms with E-state index in [1.54, 1.807) is 0 Å². The van der Waals surface area contributed by atoms with E-state index in [1.807, 2.05) is 6.08 Å². The molecule has 0 aromatic heterocycles. The summed E-state index contributed by atoms with van der Waals surface area (Å²) in [5, 5.41) is 3.64. The Bertz CT molecular complexity index is 165. The van der Waals surface area contributed by atoms with Crippen LogP contribution in [0.4, 0.5) is 0 Å². The van der Waals surface area contributed by atoms with E-state index < -0.39 is 0 Å². The maximum Gasteiger partial charge on any atom is 0.0221 e. The van der Waals surface area contributed by atoms with E-state index in [-0.39, 0.29) is 0 Å². The van der Waals surface area contributed by atoms with Gasteiger partial charge in [-0.1, -0.05) is 32.3 Å². The quantitative estimate of drug-likeness (QED) is 0.534. The van der Waals surface area contributed by atoms with Gasteiger partial charge in [-0.25, -0.2) is 0 Å². The van der Waals surface area contributed by atoms with Gasteiger partial charge in [-0.05, 0) is 32.1 Å². The van der Waals surface area contributed by atoms with E-state index in [0.717, 1.165) is 12.0 Å². The summed E-state index contributed by atoms with van der Waals surface area (Å²) in [6.45, 7) is 8.33. The summed E-state index contributed by atoms with van der Waals surface area (Å²) < 4.78 is 0. The van der Waals surface area contributed by atoms with Crippen LogP contribution in [-0.2, 0) is 0 Å². The van der Waals surface area contributed by atoms with Crippen molar-refractivity contribution in [2.75, 3.05) is 0 Å². The van der Waals surface area contributed by atoms with Crippen LogP contribution in [0.2, 0.25) is 0 Å². The predicted molar refractivity (Wildman–Crippen MR) is 63.4 cm³/mol. The summed E-state index contributed by atoms with van der Waals surface area (Å²) in [5.41, 5.74) is 0. The van der Waals surface area contributed by atoms with Gasteiger partial charge in [-0.3, -0.25) is 0 Å². The molecule has 1 fully saturated rings. The number of nitrogens with one attached hydrogen (secondary N) is 1. The fourth-order valence-corrected chi connectivity index (χ4v) is 2.39. The minimum atomic E-state index is 0.471. The van der Waals surface area contributed by atoms with Crippen molar-refractivity contribution >= 4 is 0 Å². The molecular weight excluding hydrogens is 170 g/mol. The summed E-state index contributed by atoms with van der Waals surface area (Å²) >= 11 is 0. The standard InChI is InChI=1S/C13H25N/c1-4-11(3)14-13-8-6-7-12(5-2)9-10-13/h4,11-14H,1,5-10H2,2-3H3. The van der Waals surface area contributed by atoms with Gasteiger partial charge in [0, 0.05) is 12.1 Å². The van der Waals surface area contributed by atoms with E-state index >= 15 is 0 Å². The zero-order chi connectivity index (χ0) is 10.4. The van der Waals surface area contributed by atoms with Gasteiger partial charge < -0.3 is 5.32 Å². The highest BCUT2D eigenvalue weighted by molar-refractivity contribution is 4.85. The number of hydrogen-bond donors (Lipinski definition) is 1. The van der Waals surface area contributed by atoms with E-state index in [2.05, 4.69) is 25.7 Å². The summed E-state index contributed by atoms with van der Waals surface area (Å²) in [6, 6.07) is 1.21. The van der Waals surface area contributed by atoms with Crippen molar-refractivity contribution in [2.24, 2.45) is 5.92 Å². The Kier molecular flexibility index (Phi) is 5.24. The molecule has 1 heteroatoms. The molecule has 1 rings (SSSR count).